The third kappa shape index (κ3) is 5.32. The van der Waals surface area contributed by atoms with Crippen LogP contribution in [0.2, 0.25) is 0 Å². The molecule has 0 spiro atoms. The Balaban J connectivity index is 1.79. The Morgan fingerprint density at radius 1 is 0.897 bits per heavy atom. The minimum absolute atomic E-state index is 0.155. The highest BCUT2D eigenvalue weighted by molar-refractivity contribution is 9.10. The SMILES string of the molecule is CN(CC(=O)NC(c1ccccc1)c1ccc(Br)cc1)S(=O)(=O)c1ccccc1. The summed E-state index contributed by atoms with van der Waals surface area (Å²) >= 11 is 3.42. The zero-order chi connectivity index (χ0) is 20.9. The zero-order valence-electron chi connectivity index (χ0n) is 15.8. The van der Waals surface area contributed by atoms with Gasteiger partial charge in [0.2, 0.25) is 15.9 Å². The molecule has 1 amide bonds. The van der Waals surface area contributed by atoms with Crippen molar-refractivity contribution in [3.8, 4) is 0 Å². The normalized spacial score (nSPS) is 12.5. The molecule has 3 aromatic rings. The van der Waals surface area contributed by atoms with Gasteiger partial charge in [0.15, 0.2) is 0 Å². The number of hydrogen-bond donors (Lipinski definition) is 1. The summed E-state index contributed by atoms with van der Waals surface area (Å²) in [4.78, 5) is 12.9. The third-order valence-corrected chi connectivity index (χ3v) is 6.81. The minimum Gasteiger partial charge on any atom is -0.344 e. The number of halogens is 1. The first kappa shape index (κ1) is 21.2. The third-order valence-electron chi connectivity index (χ3n) is 4.46. The molecule has 0 aliphatic carbocycles. The van der Waals surface area contributed by atoms with E-state index >= 15 is 0 Å². The molecule has 1 N–H and O–H groups in total. The number of amides is 1. The summed E-state index contributed by atoms with van der Waals surface area (Å²) in [5.41, 5.74) is 1.82. The Bertz CT molecular complexity index is 1060. The molecule has 7 heteroatoms. The van der Waals surface area contributed by atoms with Gasteiger partial charge in [0, 0.05) is 11.5 Å². The molecule has 0 heterocycles. The van der Waals surface area contributed by atoms with E-state index in [9.17, 15) is 13.2 Å². The number of carbonyl (C=O) groups excluding carboxylic acids is 1. The highest BCUT2D eigenvalue weighted by atomic mass is 79.9. The van der Waals surface area contributed by atoms with Crippen LogP contribution >= 0.6 is 15.9 Å². The largest absolute Gasteiger partial charge is 0.344 e. The Labute approximate surface area is 179 Å². The van der Waals surface area contributed by atoms with E-state index < -0.39 is 10.0 Å². The van der Waals surface area contributed by atoms with Gasteiger partial charge in [-0.2, -0.15) is 4.31 Å². The number of carbonyl (C=O) groups is 1. The van der Waals surface area contributed by atoms with Crippen LogP contribution in [0.3, 0.4) is 0 Å². The molecule has 5 nitrogen and oxygen atoms in total. The van der Waals surface area contributed by atoms with Gasteiger partial charge in [0.1, 0.15) is 0 Å². The first-order chi connectivity index (χ1) is 13.9. The van der Waals surface area contributed by atoms with Crippen molar-refractivity contribution in [2.45, 2.75) is 10.9 Å². The predicted molar refractivity (Wildman–Crippen MR) is 117 cm³/mol. The first-order valence-electron chi connectivity index (χ1n) is 8.99. The van der Waals surface area contributed by atoms with Gasteiger partial charge < -0.3 is 5.32 Å². The fourth-order valence-corrected chi connectivity index (χ4v) is 4.34. The van der Waals surface area contributed by atoms with Crippen molar-refractivity contribution < 1.29 is 13.2 Å². The Kier molecular flexibility index (Phi) is 6.84. The Morgan fingerprint density at radius 3 is 2.00 bits per heavy atom. The van der Waals surface area contributed by atoms with E-state index in [2.05, 4.69) is 21.2 Å². The van der Waals surface area contributed by atoms with Crippen LogP contribution in [0, 0.1) is 0 Å². The molecule has 0 fully saturated rings. The lowest BCUT2D eigenvalue weighted by atomic mass is 9.99. The molecule has 0 saturated heterocycles. The lowest BCUT2D eigenvalue weighted by Crippen LogP contribution is -2.40. The average Bonchev–Trinajstić information content (AvgIpc) is 2.74. The van der Waals surface area contributed by atoms with E-state index in [0.29, 0.717) is 0 Å². The van der Waals surface area contributed by atoms with Crippen LogP contribution < -0.4 is 5.32 Å². The van der Waals surface area contributed by atoms with Gasteiger partial charge in [-0.05, 0) is 35.4 Å². The van der Waals surface area contributed by atoms with Crippen molar-refractivity contribution in [2.75, 3.05) is 13.6 Å². The number of hydrogen-bond acceptors (Lipinski definition) is 3. The van der Waals surface area contributed by atoms with Crippen LogP contribution in [-0.4, -0.2) is 32.2 Å². The average molecular weight is 473 g/mol. The molecule has 0 aromatic heterocycles. The maximum absolute atomic E-state index is 12.7. The Hall–Kier alpha value is -2.48. The van der Waals surface area contributed by atoms with Gasteiger partial charge in [-0.15, -0.1) is 0 Å². The molecule has 0 aliphatic rings. The summed E-state index contributed by atoms with van der Waals surface area (Å²) in [6.07, 6.45) is 0. The van der Waals surface area contributed by atoms with Crippen molar-refractivity contribution in [3.63, 3.8) is 0 Å². The van der Waals surface area contributed by atoms with Crippen LogP contribution in [-0.2, 0) is 14.8 Å². The van der Waals surface area contributed by atoms with Crippen LogP contribution in [0.25, 0.3) is 0 Å². The van der Waals surface area contributed by atoms with E-state index in [1.54, 1.807) is 18.2 Å². The molecular formula is C22H21BrN2O3S. The predicted octanol–water partition coefficient (Wildman–Crippen LogP) is 3.98. The van der Waals surface area contributed by atoms with Gasteiger partial charge in [-0.1, -0.05) is 76.6 Å². The molecule has 1 atom stereocenters. The van der Waals surface area contributed by atoms with Gasteiger partial charge >= 0.3 is 0 Å². The topological polar surface area (TPSA) is 66.5 Å². The number of nitrogens with one attached hydrogen (secondary N) is 1. The maximum atomic E-state index is 12.7. The minimum atomic E-state index is -3.74. The molecule has 0 aliphatic heterocycles. The van der Waals surface area contributed by atoms with E-state index in [4.69, 9.17) is 0 Å². The number of sulfonamides is 1. The zero-order valence-corrected chi connectivity index (χ0v) is 18.2. The molecule has 0 radical (unpaired) electrons. The number of nitrogens with zero attached hydrogens (tertiary/aromatic N) is 1. The smallest absolute Gasteiger partial charge is 0.243 e. The standard InChI is InChI=1S/C22H21BrN2O3S/c1-25(29(27,28)20-10-6-3-7-11-20)16-21(26)24-22(17-8-4-2-5-9-17)18-12-14-19(23)15-13-18/h2-15,22H,16H2,1H3,(H,24,26). The second kappa shape index (κ2) is 9.35. The van der Waals surface area contributed by atoms with Gasteiger partial charge in [0.05, 0.1) is 17.5 Å². The maximum Gasteiger partial charge on any atom is 0.243 e. The summed E-state index contributed by atoms with van der Waals surface area (Å²) in [6.45, 7) is -0.281. The van der Waals surface area contributed by atoms with Crippen molar-refractivity contribution in [3.05, 3.63) is 101 Å². The molecule has 150 valence electrons. The summed E-state index contributed by atoms with van der Waals surface area (Å²) in [5.74, 6) is -0.385. The van der Waals surface area contributed by atoms with Crippen molar-refractivity contribution >= 4 is 31.9 Å². The number of rotatable bonds is 7. The van der Waals surface area contributed by atoms with E-state index in [-0.39, 0.29) is 23.4 Å². The Morgan fingerprint density at radius 2 is 1.41 bits per heavy atom. The van der Waals surface area contributed by atoms with Gasteiger partial charge in [-0.3, -0.25) is 4.79 Å². The molecule has 0 saturated carbocycles. The van der Waals surface area contributed by atoms with Gasteiger partial charge in [0.25, 0.3) is 0 Å². The molecule has 3 rings (SSSR count). The quantitative estimate of drug-likeness (QED) is 0.565. The number of likely N-dealkylation sites (N-methyl/N-ethyl adjacent to an activating group) is 1. The fraction of sp³-hybridized carbons (Fsp3) is 0.136. The molecule has 1 unspecified atom stereocenters. The van der Waals surface area contributed by atoms with E-state index in [1.165, 1.54) is 19.2 Å². The van der Waals surface area contributed by atoms with Crippen molar-refractivity contribution in [1.82, 2.24) is 9.62 Å². The van der Waals surface area contributed by atoms with Crippen molar-refractivity contribution in [1.29, 1.82) is 0 Å². The molecule has 3 aromatic carbocycles. The summed E-state index contributed by atoms with van der Waals surface area (Å²) in [7, 11) is -2.34. The van der Waals surface area contributed by atoms with Crippen LogP contribution in [0.5, 0.6) is 0 Å². The summed E-state index contributed by atoms with van der Waals surface area (Å²) in [5, 5.41) is 2.96. The lowest BCUT2D eigenvalue weighted by molar-refractivity contribution is -0.121. The van der Waals surface area contributed by atoms with Crippen LogP contribution in [0.1, 0.15) is 17.2 Å². The molecular weight excluding hydrogens is 452 g/mol. The fourth-order valence-electron chi connectivity index (χ4n) is 2.93. The van der Waals surface area contributed by atoms with Crippen molar-refractivity contribution in [2.24, 2.45) is 0 Å². The second-order valence-corrected chi connectivity index (χ2v) is 9.50. The highest BCUT2D eigenvalue weighted by Gasteiger charge is 2.24. The highest BCUT2D eigenvalue weighted by Crippen LogP contribution is 2.24. The van der Waals surface area contributed by atoms with Crippen LogP contribution in [0.4, 0.5) is 0 Å². The van der Waals surface area contributed by atoms with E-state index in [1.807, 2.05) is 54.6 Å². The lowest BCUT2D eigenvalue weighted by Gasteiger charge is -2.22. The monoisotopic (exact) mass is 472 g/mol. The molecule has 29 heavy (non-hydrogen) atoms. The van der Waals surface area contributed by atoms with Crippen LogP contribution in [0.15, 0.2) is 94.3 Å². The van der Waals surface area contributed by atoms with E-state index in [0.717, 1.165) is 19.9 Å². The first-order valence-corrected chi connectivity index (χ1v) is 11.2. The summed E-state index contributed by atoms with van der Waals surface area (Å²) < 4.78 is 27.3. The number of benzene rings is 3. The van der Waals surface area contributed by atoms with Gasteiger partial charge in [-0.25, -0.2) is 8.42 Å². The molecule has 0 bridgehead atoms. The second-order valence-electron chi connectivity index (χ2n) is 6.54. The summed E-state index contributed by atoms with van der Waals surface area (Å²) in [6, 6.07) is 24.9.